The molecule has 0 saturated carbocycles. The number of hydrogen-bond donors (Lipinski definition) is 0. The van der Waals surface area contributed by atoms with Crippen molar-refractivity contribution in [3.63, 3.8) is 0 Å². The van der Waals surface area contributed by atoms with Crippen molar-refractivity contribution in [2.24, 2.45) is 0 Å². The van der Waals surface area contributed by atoms with Gasteiger partial charge in [-0.15, -0.1) is 11.6 Å². The van der Waals surface area contributed by atoms with Crippen LogP contribution in [-0.2, 0) is 0 Å². The fourth-order valence-corrected chi connectivity index (χ4v) is 0.591. The maximum absolute atomic E-state index is 5.38. The highest BCUT2D eigenvalue weighted by Crippen LogP contribution is 2.03. The quantitative estimate of drug-likeness (QED) is 0.578. The van der Waals surface area contributed by atoms with Gasteiger partial charge in [-0.3, -0.25) is 0 Å². The molecule has 0 spiro atoms. The highest BCUT2D eigenvalue weighted by atomic mass is 79.9. The molecule has 0 aromatic carbocycles. The number of hydrogen-bond acceptors (Lipinski definition) is 0. The lowest BCUT2D eigenvalue weighted by Crippen LogP contribution is -1.65. The first-order chi connectivity index (χ1) is 3.27. The lowest BCUT2D eigenvalue weighted by atomic mass is 10.4. The van der Waals surface area contributed by atoms with Gasteiger partial charge in [0, 0.05) is 5.88 Å². The second-order valence-corrected chi connectivity index (χ2v) is 2.90. The van der Waals surface area contributed by atoms with Crippen LogP contribution in [0.5, 0.6) is 0 Å². The fraction of sp³-hybridized carbons (Fsp3) is 0.600. The molecule has 0 unspecified atom stereocenters. The maximum atomic E-state index is 5.38. The Morgan fingerprint density at radius 1 is 1.86 bits per heavy atom. The van der Waals surface area contributed by atoms with Gasteiger partial charge in [-0.1, -0.05) is 22.0 Å². The average molecular weight is 183 g/mol. The fourth-order valence-electron chi connectivity index (χ4n) is 0.253. The Morgan fingerprint density at radius 3 is 2.57 bits per heavy atom. The Morgan fingerprint density at radius 2 is 2.43 bits per heavy atom. The van der Waals surface area contributed by atoms with Crippen LogP contribution in [0, 0.1) is 0 Å². The highest BCUT2D eigenvalue weighted by Gasteiger charge is 1.76. The van der Waals surface area contributed by atoms with Gasteiger partial charge in [-0.2, -0.15) is 0 Å². The van der Waals surface area contributed by atoms with Crippen LogP contribution < -0.4 is 0 Å². The Kier molecular flexibility index (Phi) is 5.00. The van der Waals surface area contributed by atoms with E-state index in [1.807, 2.05) is 13.0 Å². The van der Waals surface area contributed by atoms with E-state index in [4.69, 9.17) is 11.6 Å². The normalized spacial score (nSPS) is 12.1. The van der Waals surface area contributed by atoms with Crippen LogP contribution in [0.3, 0.4) is 0 Å². The van der Waals surface area contributed by atoms with Gasteiger partial charge < -0.3 is 0 Å². The van der Waals surface area contributed by atoms with Crippen molar-refractivity contribution in [2.45, 2.75) is 13.3 Å². The standard InChI is InChI=1S/C5H8BrCl/c1-5(6)3-2-4-7/h3H,2,4H2,1H3/b5-3-. The van der Waals surface area contributed by atoms with Crippen molar-refractivity contribution >= 4 is 27.5 Å². The minimum absolute atomic E-state index is 0.711. The van der Waals surface area contributed by atoms with E-state index < -0.39 is 0 Å². The molecule has 0 nitrogen and oxygen atoms in total. The van der Waals surface area contributed by atoms with Crippen molar-refractivity contribution < 1.29 is 0 Å². The van der Waals surface area contributed by atoms with Crippen molar-refractivity contribution in [1.29, 1.82) is 0 Å². The van der Waals surface area contributed by atoms with E-state index >= 15 is 0 Å². The highest BCUT2D eigenvalue weighted by molar-refractivity contribution is 9.11. The number of alkyl halides is 1. The molecule has 2 heteroatoms. The van der Waals surface area contributed by atoms with Crippen LogP contribution in [-0.4, -0.2) is 5.88 Å². The van der Waals surface area contributed by atoms with Crippen LogP contribution in [0.15, 0.2) is 10.6 Å². The molecule has 7 heavy (non-hydrogen) atoms. The zero-order valence-corrected chi connectivity index (χ0v) is 6.59. The molecule has 42 valence electrons. The molecule has 0 aromatic rings. The molecule has 0 radical (unpaired) electrons. The molecule has 0 N–H and O–H groups in total. The Balaban J connectivity index is 3.08. The summed E-state index contributed by atoms with van der Waals surface area (Å²) >= 11 is 8.66. The van der Waals surface area contributed by atoms with E-state index in [2.05, 4.69) is 15.9 Å². The number of rotatable bonds is 2. The van der Waals surface area contributed by atoms with Crippen LogP contribution >= 0.6 is 27.5 Å². The first-order valence-corrected chi connectivity index (χ1v) is 3.48. The molecule has 0 saturated heterocycles. The lowest BCUT2D eigenvalue weighted by Gasteiger charge is -1.82. The minimum atomic E-state index is 0.711. The van der Waals surface area contributed by atoms with Crippen molar-refractivity contribution in [3.8, 4) is 0 Å². The number of allylic oxidation sites excluding steroid dienone is 2. The molecule has 0 heterocycles. The molecule has 0 aliphatic heterocycles. The van der Waals surface area contributed by atoms with Gasteiger partial charge in [0.15, 0.2) is 0 Å². The third-order valence-electron chi connectivity index (χ3n) is 0.535. The molecule has 0 aliphatic rings. The van der Waals surface area contributed by atoms with Gasteiger partial charge in [0.25, 0.3) is 0 Å². The summed E-state index contributed by atoms with van der Waals surface area (Å²) in [6.45, 7) is 1.99. The van der Waals surface area contributed by atoms with Crippen molar-refractivity contribution in [1.82, 2.24) is 0 Å². The third-order valence-corrected chi connectivity index (χ3v) is 1.08. The van der Waals surface area contributed by atoms with E-state index in [9.17, 15) is 0 Å². The smallest absolute Gasteiger partial charge is 0.0258 e. The van der Waals surface area contributed by atoms with E-state index in [-0.39, 0.29) is 0 Å². The monoisotopic (exact) mass is 182 g/mol. The molecule has 0 rings (SSSR count). The molecule has 0 bridgehead atoms. The summed E-state index contributed by atoms with van der Waals surface area (Å²) in [6.07, 6.45) is 3.01. The van der Waals surface area contributed by atoms with E-state index in [0.717, 1.165) is 10.9 Å². The first kappa shape index (κ1) is 7.51. The minimum Gasteiger partial charge on any atom is -0.126 e. The van der Waals surface area contributed by atoms with E-state index in [1.165, 1.54) is 0 Å². The average Bonchev–Trinajstić information content (AvgIpc) is 1.61. The summed E-state index contributed by atoms with van der Waals surface area (Å²) in [5.74, 6) is 0.711. The van der Waals surface area contributed by atoms with Gasteiger partial charge in [-0.25, -0.2) is 0 Å². The summed E-state index contributed by atoms with van der Waals surface area (Å²) in [5.41, 5.74) is 0. The zero-order chi connectivity index (χ0) is 5.70. The molecule has 0 fully saturated rings. The zero-order valence-electron chi connectivity index (χ0n) is 4.25. The van der Waals surface area contributed by atoms with Crippen LogP contribution in [0.4, 0.5) is 0 Å². The summed E-state index contributed by atoms with van der Waals surface area (Å²) < 4.78 is 1.16. The Hall–Kier alpha value is 0.510. The lowest BCUT2D eigenvalue weighted by molar-refractivity contribution is 1.22. The summed E-state index contributed by atoms with van der Waals surface area (Å²) in [7, 11) is 0. The first-order valence-electron chi connectivity index (χ1n) is 2.15. The van der Waals surface area contributed by atoms with Gasteiger partial charge in [-0.05, 0) is 17.8 Å². The molecule has 0 aliphatic carbocycles. The summed E-state index contributed by atoms with van der Waals surface area (Å²) in [5, 5.41) is 0. The van der Waals surface area contributed by atoms with Gasteiger partial charge in [0.05, 0.1) is 0 Å². The van der Waals surface area contributed by atoms with Crippen LogP contribution in [0.25, 0.3) is 0 Å². The molecule has 0 amide bonds. The van der Waals surface area contributed by atoms with Crippen molar-refractivity contribution in [2.75, 3.05) is 5.88 Å². The summed E-state index contributed by atoms with van der Waals surface area (Å²) in [4.78, 5) is 0. The SMILES string of the molecule is C/C(Br)=C/CCCl. The van der Waals surface area contributed by atoms with Crippen molar-refractivity contribution in [3.05, 3.63) is 10.6 Å². The topological polar surface area (TPSA) is 0 Å². The van der Waals surface area contributed by atoms with Gasteiger partial charge in [0.1, 0.15) is 0 Å². The molecule has 0 aromatic heterocycles. The Bertz CT molecular complexity index is 64.5. The number of halogens is 2. The van der Waals surface area contributed by atoms with Gasteiger partial charge in [0.2, 0.25) is 0 Å². The summed E-state index contributed by atoms with van der Waals surface area (Å²) in [6, 6.07) is 0. The molecular weight excluding hydrogens is 175 g/mol. The van der Waals surface area contributed by atoms with Crippen LogP contribution in [0.2, 0.25) is 0 Å². The van der Waals surface area contributed by atoms with Gasteiger partial charge >= 0.3 is 0 Å². The third kappa shape index (κ3) is 6.51. The van der Waals surface area contributed by atoms with E-state index in [1.54, 1.807) is 0 Å². The second-order valence-electron chi connectivity index (χ2n) is 1.27. The predicted octanol–water partition coefficient (Wildman–Crippen LogP) is 2.91. The Labute approximate surface area is 57.7 Å². The second kappa shape index (κ2) is 4.66. The maximum Gasteiger partial charge on any atom is 0.0258 e. The van der Waals surface area contributed by atoms with E-state index in [0.29, 0.717) is 5.88 Å². The van der Waals surface area contributed by atoms with Crippen LogP contribution in [0.1, 0.15) is 13.3 Å². The largest absolute Gasteiger partial charge is 0.126 e. The molecule has 0 atom stereocenters. The molecular formula is C5H8BrCl. The predicted molar refractivity (Wildman–Crippen MR) is 38.0 cm³/mol.